The molecule has 0 unspecified atom stereocenters. The molecule has 0 aromatic heterocycles. The van der Waals surface area contributed by atoms with E-state index < -0.39 is 22.4 Å². The Morgan fingerprint density at radius 3 is 2.20 bits per heavy atom. The molecule has 1 saturated heterocycles. The Hall–Kier alpha value is -0.300. The first-order valence-electron chi connectivity index (χ1n) is 4.79. The summed E-state index contributed by atoms with van der Waals surface area (Å²) in [6.45, 7) is -0.131. The van der Waals surface area contributed by atoms with Crippen LogP contribution in [0.15, 0.2) is 0 Å². The number of hydrogen-bond acceptors (Lipinski definition) is 3. The van der Waals surface area contributed by atoms with Crippen molar-refractivity contribution in [2.24, 2.45) is 0 Å². The molecule has 1 aliphatic rings. The van der Waals surface area contributed by atoms with Gasteiger partial charge in [0.05, 0.1) is 17.9 Å². The molecule has 0 aliphatic carbocycles. The van der Waals surface area contributed by atoms with Crippen LogP contribution in [-0.2, 0) is 9.84 Å². The van der Waals surface area contributed by atoms with Gasteiger partial charge in [-0.3, -0.25) is 0 Å². The molecule has 7 heteroatoms. The highest BCUT2D eigenvalue weighted by Crippen LogP contribution is 2.19. The average molecular weight is 245 g/mol. The molecule has 0 atom stereocenters. The summed E-state index contributed by atoms with van der Waals surface area (Å²) in [4.78, 5) is 0. The fourth-order valence-electron chi connectivity index (χ4n) is 1.51. The monoisotopic (exact) mass is 245 g/mol. The Morgan fingerprint density at radius 1 is 1.20 bits per heavy atom. The fourth-order valence-corrected chi connectivity index (χ4v) is 3.00. The lowest BCUT2D eigenvalue weighted by Gasteiger charge is -2.23. The van der Waals surface area contributed by atoms with Gasteiger partial charge in [0, 0.05) is 12.6 Å². The Morgan fingerprint density at radius 2 is 1.73 bits per heavy atom. The molecule has 15 heavy (non-hydrogen) atoms. The van der Waals surface area contributed by atoms with Crippen LogP contribution >= 0.6 is 0 Å². The molecule has 0 radical (unpaired) electrons. The Labute approximate surface area is 87.0 Å². The molecular formula is C8H14F3NO2S. The molecule has 0 bridgehead atoms. The van der Waals surface area contributed by atoms with Crippen LogP contribution in [0.5, 0.6) is 0 Å². The number of rotatable bonds is 3. The van der Waals surface area contributed by atoms with Crippen molar-refractivity contribution >= 4 is 9.84 Å². The quantitative estimate of drug-likeness (QED) is 0.810. The molecular weight excluding hydrogens is 231 g/mol. The van der Waals surface area contributed by atoms with Crippen molar-refractivity contribution in [2.45, 2.75) is 31.5 Å². The second kappa shape index (κ2) is 4.69. The zero-order valence-electron chi connectivity index (χ0n) is 8.18. The van der Waals surface area contributed by atoms with E-state index >= 15 is 0 Å². The van der Waals surface area contributed by atoms with Crippen molar-refractivity contribution in [1.82, 2.24) is 5.32 Å². The van der Waals surface area contributed by atoms with Gasteiger partial charge in [-0.15, -0.1) is 0 Å². The van der Waals surface area contributed by atoms with Crippen LogP contribution in [0.3, 0.4) is 0 Å². The summed E-state index contributed by atoms with van der Waals surface area (Å²) in [5.74, 6) is 0.160. The maximum Gasteiger partial charge on any atom is 0.390 e. The Balaban J connectivity index is 2.20. The average Bonchev–Trinajstić information content (AvgIpc) is 2.06. The summed E-state index contributed by atoms with van der Waals surface area (Å²) in [5.41, 5.74) is 0. The molecule has 1 aliphatic heterocycles. The molecule has 1 N–H and O–H groups in total. The van der Waals surface area contributed by atoms with Crippen molar-refractivity contribution in [3.8, 4) is 0 Å². The van der Waals surface area contributed by atoms with E-state index in [1.807, 2.05) is 0 Å². The van der Waals surface area contributed by atoms with Gasteiger partial charge >= 0.3 is 6.18 Å². The number of halogens is 3. The molecule has 3 nitrogen and oxygen atoms in total. The predicted octanol–water partition coefficient (Wildman–Crippen LogP) is 1.11. The molecule has 0 saturated carbocycles. The number of alkyl halides is 3. The van der Waals surface area contributed by atoms with E-state index in [0.29, 0.717) is 12.8 Å². The lowest BCUT2D eigenvalue weighted by atomic mass is 10.1. The van der Waals surface area contributed by atoms with E-state index in [1.165, 1.54) is 0 Å². The van der Waals surface area contributed by atoms with E-state index in [-0.39, 0.29) is 24.1 Å². The molecule has 0 aromatic carbocycles. The van der Waals surface area contributed by atoms with Crippen molar-refractivity contribution in [3.63, 3.8) is 0 Å². The first kappa shape index (κ1) is 12.8. The van der Waals surface area contributed by atoms with Crippen LogP contribution in [0.25, 0.3) is 0 Å². The lowest BCUT2D eigenvalue weighted by Crippen LogP contribution is -2.38. The van der Waals surface area contributed by atoms with Gasteiger partial charge in [0.2, 0.25) is 0 Å². The van der Waals surface area contributed by atoms with Crippen molar-refractivity contribution in [1.29, 1.82) is 0 Å². The number of sulfone groups is 1. The van der Waals surface area contributed by atoms with Gasteiger partial charge in [-0.05, 0) is 12.8 Å². The predicted molar refractivity (Wildman–Crippen MR) is 50.4 cm³/mol. The molecule has 90 valence electrons. The van der Waals surface area contributed by atoms with E-state index in [0.717, 1.165) is 0 Å². The highest BCUT2D eigenvalue weighted by atomic mass is 32.2. The smallest absolute Gasteiger partial charge is 0.314 e. The summed E-state index contributed by atoms with van der Waals surface area (Å²) in [5, 5.41) is 2.73. The topological polar surface area (TPSA) is 46.2 Å². The van der Waals surface area contributed by atoms with Crippen LogP contribution in [-0.4, -0.2) is 38.7 Å². The summed E-state index contributed by atoms with van der Waals surface area (Å²) < 4.78 is 57.4. The van der Waals surface area contributed by atoms with Gasteiger partial charge in [0.1, 0.15) is 9.84 Å². The third-order valence-electron chi connectivity index (χ3n) is 2.40. The van der Waals surface area contributed by atoms with Gasteiger partial charge in [0.15, 0.2) is 0 Å². The van der Waals surface area contributed by atoms with Crippen molar-refractivity contribution < 1.29 is 21.6 Å². The zero-order chi connectivity index (χ0) is 11.5. The normalized spacial score (nSPS) is 22.9. The maximum absolute atomic E-state index is 11.8. The largest absolute Gasteiger partial charge is 0.390 e. The Kier molecular flexibility index (Phi) is 3.99. The van der Waals surface area contributed by atoms with Crippen LogP contribution in [0.1, 0.15) is 19.3 Å². The molecule has 1 rings (SSSR count). The zero-order valence-corrected chi connectivity index (χ0v) is 9.00. The minimum Gasteiger partial charge on any atom is -0.314 e. The summed E-state index contributed by atoms with van der Waals surface area (Å²) >= 11 is 0. The number of nitrogens with one attached hydrogen (secondary N) is 1. The fraction of sp³-hybridized carbons (Fsp3) is 1.00. The first-order valence-corrected chi connectivity index (χ1v) is 6.61. The third-order valence-corrected chi connectivity index (χ3v) is 4.11. The maximum atomic E-state index is 11.8. The second-order valence-corrected chi connectivity index (χ2v) is 6.05. The molecule has 0 amide bonds. The van der Waals surface area contributed by atoms with Crippen LogP contribution in [0.2, 0.25) is 0 Å². The van der Waals surface area contributed by atoms with Crippen molar-refractivity contribution in [3.05, 3.63) is 0 Å². The molecule has 1 heterocycles. The van der Waals surface area contributed by atoms with Gasteiger partial charge in [0.25, 0.3) is 0 Å². The van der Waals surface area contributed by atoms with Gasteiger partial charge in [-0.25, -0.2) is 8.42 Å². The summed E-state index contributed by atoms with van der Waals surface area (Å²) in [6.07, 6.45) is -4.18. The minimum absolute atomic E-state index is 0.0800. The first-order chi connectivity index (χ1) is 6.79. The van der Waals surface area contributed by atoms with E-state index in [1.54, 1.807) is 0 Å². The highest BCUT2D eigenvalue weighted by molar-refractivity contribution is 7.91. The SMILES string of the molecule is O=S1(=O)CCC(NCCC(F)(F)F)CC1. The Bertz CT molecular complexity index is 285. The van der Waals surface area contributed by atoms with Gasteiger partial charge in [-0.2, -0.15) is 13.2 Å². The van der Waals surface area contributed by atoms with Crippen LogP contribution < -0.4 is 5.32 Å². The second-order valence-electron chi connectivity index (χ2n) is 3.75. The third kappa shape index (κ3) is 5.36. The summed E-state index contributed by atoms with van der Waals surface area (Å²) in [6, 6.07) is -0.0872. The lowest BCUT2D eigenvalue weighted by molar-refractivity contribution is -0.133. The highest BCUT2D eigenvalue weighted by Gasteiger charge is 2.28. The van der Waals surface area contributed by atoms with E-state index in [4.69, 9.17) is 0 Å². The molecule has 1 fully saturated rings. The van der Waals surface area contributed by atoms with E-state index in [2.05, 4.69) is 5.32 Å². The van der Waals surface area contributed by atoms with E-state index in [9.17, 15) is 21.6 Å². The molecule has 0 spiro atoms. The standard InChI is InChI=1S/C8H14F3NO2S/c9-8(10,11)3-4-12-7-1-5-15(13,14)6-2-7/h7,12H,1-6H2. The van der Waals surface area contributed by atoms with Crippen LogP contribution in [0.4, 0.5) is 13.2 Å². The summed E-state index contributed by atoms with van der Waals surface area (Å²) in [7, 11) is -2.93. The van der Waals surface area contributed by atoms with Gasteiger partial charge in [-0.1, -0.05) is 0 Å². The van der Waals surface area contributed by atoms with Gasteiger partial charge < -0.3 is 5.32 Å². The van der Waals surface area contributed by atoms with Crippen molar-refractivity contribution in [2.75, 3.05) is 18.1 Å². The van der Waals surface area contributed by atoms with Crippen LogP contribution in [0, 0.1) is 0 Å². The number of hydrogen-bond donors (Lipinski definition) is 1. The molecule has 0 aromatic rings. The minimum atomic E-state index is -4.15.